The Morgan fingerprint density at radius 3 is 2.86 bits per heavy atom. The second-order valence-corrected chi connectivity index (χ2v) is 4.90. The van der Waals surface area contributed by atoms with Crippen LogP contribution in [0, 0.1) is 10.1 Å². The molecule has 0 radical (unpaired) electrons. The number of nitrogens with two attached hydrogens (primary N) is 1. The number of nitrogens with zero attached hydrogens (tertiary/aromatic N) is 1. The summed E-state index contributed by atoms with van der Waals surface area (Å²) in [7, 11) is 0. The molecular weight excluding hydrogens is 270 g/mol. The molecule has 0 fully saturated rings. The third kappa shape index (κ3) is 2.60. The predicted molar refractivity (Wildman–Crippen MR) is 80.4 cm³/mol. The fourth-order valence-electron chi connectivity index (χ4n) is 2.50. The van der Waals surface area contributed by atoms with E-state index in [-0.39, 0.29) is 17.4 Å². The summed E-state index contributed by atoms with van der Waals surface area (Å²) in [6, 6.07) is 12.6. The van der Waals surface area contributed by atoms with Gasteiger partial charge in [-0.15, -0.1) is 0 Å². The highest BCUT2D eigenvalue weighted by atomic mass is 16.6. The van der Waals surface area contributed by atoms with Gasteiger partial charge >= 0.3 is 0 Å². The van der Waals surface area contributed by atoms with Gasteiger partial charge in [0.25, 0.3) is 5.69 Å². The van der Waals surface area contributed by atoms with Crippen molar-refractivity contribution in [1.29, 1.82) is 0 Å². The number of para-hydroxylation sites is 1. The van der Waals surface area contributed by atoms with Crippen LogP contribution >= 0.6 is 0 Å². The van der Waals surface area contributed by atoms with E-state index >= 15 is 0 Å². The average Bonchev–Trinajstić information content (AvgIpc) is 2.47. The van der Waals surface area contributed by atoms with Crippen LogP contribution in [0.1, 0.15) is 18.0 Å². The van der Waals surface area contributed by atoms with Crippen molar-refractivity contribution < 1.29 is 9.66 Å². The maximum Gasteiger partial charge on any atom is 0.292 e. The number of nitrogen functional groups attached to an aromatic ring is 1. The lowest BCUT2D eigenvalue weighted by Crippen LogP contribution is -2.20. The first-order chi connectivity index (χ1) is 10.1. The molecule has 1 aliphatic heterocycles. The molecule has 0 saturated carbocycles. The van der Waals surface area contributed by atoms with Gasteiger partial charge < -0.3 is 15.8 Å². The summed E-state index contributed by atoms with van der Waals surface area (Å²) in [6.45, 7) is 0.636. The number of fused-ring (bicyclic) bond motifs is 1. The summed E-state index contributed by atoms with van der Waals surface area (Å²) in [4.78, 5) is 10.3. The van der Waals surface area contributed by atoms with Gasteiger partial charge in [-0.25, -0.2) is 0 Å². The molecule has 1 heterocycles. The standard InChI is InChI=1S/C15H15N3O3/c16-12-9-10(5-6-14(12)18(19)20)17-13-7-8-21-15-4-2-1-3-11(13)15/h1-6,9,13,17H,7-8,16H2. The van der Waals surface area contributed by atoms with Gasteiger partial charge in [0.15, 0.2) is 0 Å². The maximum absolute atomic E-state index is 10.8. The van der Waals surface area contributed by atoms with E-state index in [9.17, 15) is 10.1 Å². The van der Waals surface area contributed by atoms with Gasteiger partial charge in [0, 0.05) is 23.7 Å². The number of ether oxygens (including phenoxy) is 1. The molecule has 1 atom stereocenters. The minimum atomic E-state index is -0.483. The van der Waals surface area contributed by atoms with E-state index in [0.29, 0.717) is 6.61 Å². The van der Waals surface area contributed by atoms with Crippen LogP contribution in [0.25, 0.3) is 0 Å². The van der Waals surface area contributed by atoms with E-state index in [2.05, 4.69) is 5.32 Å². The highest BCUT2D eigenvalue weighted by Crippen LogP contribution is 2.35. The number of benzene rings is 2. The van der Waals surface area contributed by atoms with E-state index in [1.807, 2.05) is 24.3 Å². The number of hydrogen-bond acceptors (Lipinski definition) is 5. The molecular formula is C15H15N3O3. The van der Waals surface area contributed by atoms with E-state index < -0.39 is 4.92 Å². The van der Waals surface area contributed by atoms with Crippen LogP contribution in [-0.2, 0) is 0 Å². The first-order valence-electron chi connectivity index (χ1n) is 6.67. The molecule has 3 rings (SSSR count). The van der Waals surface area contributed by atoms with Gasteiger partial charge in [0.2, 0.25) is 0 Å². The molecule has 3 N–H and O–H groups in total. The van der Waals surface area contributed by atoms with Crippen molar-refractivity contribution in [3.63, 3.8) is 0 Å². The average molecular weight is 285 g/mol. The fraction of sp³-hybridized carbons (Fsp3) is 0.200. The summed E-state index contributed by atoms with van der Waals surface area (Å²) in [5.41, 5.74) is 7.65. The number of nitro groups is 1. The zero-order chi connectivity index (χ0) is 14.8. The third-order valence-corrected chi connectivity index (χ3v) is 3.52. The fourth-order valence-corrected chi connectivity index (χ4v) is 2.50. The lowest BCUT2D eigenvalue weighted by atomic mass is 10.0. The largest absolute Gasteiger partial charge is 0.493 e. The summed E-state index contributed by atoms with van der Waals surface area (Å²) >= 11 is 0. The monoisotopic (exact) mass is 285 g/mol. The third-order valence-electron chi connectivity index (χ3n) is 3.52. The van der Waals surface area contributed by atoms with Crippen LogP contribution < -0.4 is 15.8 Å². The van der Waals surface area contributed by atoms with Crippen molar-refractivity contribution in [2.24, 2.45) is 0 Å². The number of anilines is 2. The zero-order valence-electron chi connectivity index (χ0n) is 11.3. The summed E-state index contributed by atoms with van der Waals surface area (Å²) in [6.07, 6.45) is 0.827. The Morgan fingerprint density at radius 1 is 1.29 bits per heavy atom. The van der Waals surface area contributed by atoms with Crippen molar-refractivity contribution in [1.82, 2.24) is 0 Å². The molecule has 6 heteroatoms. The number of nitrogens with one attached hydrogen (secondary N) is 1. The van der Waals surface area contributed by atoms with E-state index in [1.165, 1.54) is 6.07 Å². The molecule has 0 amide bonds. The highest BCUT2D eigenvalue weighted by molar-refractivity contribution is 5.66. The smallest absolute Gasteiger partial charge is 0.292 e. The summed E-state index contributed by atoms with van der Waals surface area (Å²) < 4.78 is 5.61. The molecule has 2 aromatic rings. The molecule has 0 aliphatic carbocycles. The quantitative estimate of drug-likeness (QED) is 0.513. The number of nitro benzene ring substituents is 1. The normalized spacial score (nSPS) is 16.7. The highest BCUT2D eigenvalue weighted by Gasteiger charge is 2.21. The first-order valence-corrected chi connectivity index (χ1v) is 6.67. The van der Waals surface area contributed by atoms with Crippen LogP contribution in [0.4, 0.5) is 17.1 Å². The van der Waals surface area contributed by atoms with Gasteiger partial charge in [-0.1, -0.05) is 18.2 Å². The second kappa shape index (κ2) is 5.32. The van der Waals surface area contributed by atoms with E-state index in [0.717, 1.165) is 23.4 Å². The lowest BCUT2D eigenvalue weighted by molar-refractivity contribution is -0.383. The zero-order valence-corrected chi connectivity index (χ0v) is 11.3. The maximum atomic E-state index is 10.8. The Kier molecular flexibility index (Phi) is 3.35. The molecule has 1 aliphatic rings. The minimum Gasteiger partial charge on any atom is -0.493 e. The summed E-state index contributed by atoms with van der Waals surface area (Å²) in [5, 5.41) is 14.1. The van der Waals surface area contributed by atoms with Crippen molar-refractivity contribution in [2.75, 3.05) is 17.7 Å². The molecule has 6 nitrogen and oxygen atoms in total. The van der Waals surface area contributed by atoms with Crippen LogP contribution in [-0.4, -0.2) is 11.5 Å². The predicted octanol–water partition coefficient (Wildman–Crippen LogP) is 3.11. The number of hydrogen-bond donors (Lipinski definition) is 2. The molecule has 0 aromatic heterocycles. The Morgan fingerprint density at radius 2 is 2.10 bits per heavy atom. The minimum absolute atomic E-state index is 0.0760. The molecule has 1 unspecified atom stereocenters. The Labute approximate surface area is 121 Å². The Balaban J connectivity index is 1.85. The van der Waals surface area contributed by atoms with Crippen molar-refractivity contribution in [3.8, 4) is 5.75 Å². The van der Waals surface area contributed by atoms with E-state index in [1.54, 1.807) is 12.1 Å². The van der Waals surface area contributed by atoms with Crippen LogP contribution in [0.3, 0.4) is 0 Å². The lowest BCUT2D eigenvalue weighted by Gasteiger charge is -2.27. The molecule has 2 aromatic carbocycles. The molecule has 108 valence electrons. The van der Waals surface area contributed by atoms with Crippen molar-refractivity contribution in [2.45, 2.75) is 12.5 Å². The van der Waals surface area contributed by atoms with Crippen LogP contribution in [0.2, 0.25) is 0 Å². The second-order valence-electron chi connectivity index (χ2n) is 4.90. The summed E-state index contributed by atoms with van der Waals surface area (Å²) in [5.74, 6) is 0.871. The van der Waals surface area contributed by atoms with Crippen LogP contribution in [0.5, 0.6) is 5.75 Å². The van der Waals surface area contributed by atoms with Crippen molar-refractivity contribution >= 4 is 17.1 Å². The van der Waals surface area contributed by atoms with Crippen LogP contribution in [0.15, 0.2) is 42.5 Å². The Hall–Kier alpha value is -2.76. The molecule has 0 saturated heterocycles. The molecule has 21 heavy (non-hydrogen) atoms. The van der Waals surface area contributed by atoms with Gasteiger partial charge in [0.1, 0.15) is 11.4 Å². The van der Waals surface area contributed by atoms with Gasteiger partial charge in [0.05, 0.1) is 17.6 Å². The molecule has 0 bridgehead atoms. The van der Waals surface area contributed by atoms with Gasteiger partial charge in [-0.2, -0.15) is 0 Å². The Bertz CT molecular complexity index is 688. The first kappa shape index (κ1) is 13.2. The molecule has 0 spiro atoms. The van der Waals surface area contributed by atoms with Gasteiger partial charge in [-0.05, 0) is 18.2 Å². The van der Waals surface area contributed by atoms with Gasteiger partial charge in [-0.3, -0.25) is 10.1 Å². The van der Waals surface area contributed by atoms with E-state index in [4.69, 9.17) is 10.5 Å². The van der Waals surface area contributed by atoms with Crippen molar-refractivity contribution in [3.05, 3.63) is 58.1 Å². The topological polar surface area (TPSA) is 90.4 Å². The number of rotatable bonds is 3. The SMILES string of the molecule is Nc1cc(NC2CCOc3ccccc32)ccc1[N+](=O)[O-].